The Morgan fingerprint density at radius 3 is 2.20 bits per heavy atom. The van der Waals surface area contributed by atoms with E-state index in [9.17, 15) is 18.8 Å². The Hall–Kier alpha value is -3.95. The number of carbonyl (C=O) groups excluding carboxylic acids is 3. The Bertz CT molecular complexity index is 1410. The highest BCUT2D eigenvalue weighted by Crippen LogP contribution is 2.30. The van der Waals surface area contributed by atoms with Gasteiger partial charge in [0.25, 0.3) is 17.7 Å². The molecule has 0 unspecified atom stereocenters. The number of hydrogen-bond acceptors (Lipinski definition) is 5. The number of rotatable bonds is 5. The normalized spacial score (nSPS) is 15.9. The van der Waals surface area contributed by atoms with Crippen LogP contribution in [0, 0.1) is 5.82 Å². The lowest BCUT2D eigenvalue weighted by Crippen LogP contribution is -2.46. The molecular formula is C30H31ClFN5O3. The molecule has 3 aromatic rings. The monoisotopic (exact) mass is 563 g/mol. The number of amides is 3. The molecule has 2 aliphatic heterocycles. The average molecular weight is 564 g/mol. The van der Waals surface area contributed by atoms with Gasteiger partial charge in [0.1, 0.15) is 5.82 Å². The van der Waals surface area contributed by atoms with Crippen LogP contribution in [0.4, 0.5) is 15.8 Å². The lowest BCUT2D eigenvalue weighted by molar-refractivity contribution is 0.0734. The summed E-state index contributed by atoms with van der Waals surface area (Å²) in [6, 6.07) is 17.7. The zero-order valence-electron chi connectivity index (χ0n) is 22.0. The topological polar surface area (TPSA) is 85.0 Å². The van der Waals surface area contributed by atoms with E-state index < -0.39 is 11.7 Å². The van der Waals surface area contributed by atoms with Gasteiger partial charge in [-0.15, -0.1) is 0 Å². The Balaban J connectivity index is 1.39. The van der Waals surface area contributed by atoms with Gasteiger partial charge in [0.2, 0.25) is 0 Å². The van der Waals surface area contributed by atoms with E-state index >= 15 is 0 Å². The third-order valence-electron chi connectivity index (χ3n) is 7.18. The Morgan fingerprint density at radius 2 is 1.45 bits per heavy atom. The number of nitrogens with one attached hydrogen (secondary N) is 2. The molecule has 208 valence electrons. The predicted molar refractivity (Wildman–Crippen MR) is 154 cm³/mol. The van der Waals surface area contributed by atoms with E-state index in [0.717, 1.165) is 18.8 Å². The zero-order chi connectivity index (χ0) is 28.1. The van der Waals surface area contributed by atoms with Crippen LogP contribution in [0.15, 0.2) is 66.7 Å². The Labute approximate surface area is 237 Å². The van der Waals surface area contributed by atoms with Crippen molar-refractivity contribution in [3.05, 3.63) is 94.3 Å². The minimum Gasteiger partial charge on any atom is -0.368 e. The molecule has 3 aromatic carbocycles. The second kappa shape index (κ2) is 12.5. The third kappa shape index (κ3) is 6.43. The van der Waals surface area contributed by atoms with Crippen LogP contribution >= 0.6 is 11.6 Å². The van der Waals surface area contributed by atoms with Gasteiger partial charge in [-0.05, 0) is 61.0 Å². The van der Waals surface area contributed by atoms with Gasteiger partial charge < -0.3 is 25.3 Å². The summed E-state index contributed by atoms with van der Waals surface area (Å²) in [5, 5.41) is 6.66. The van der Waals surface area contributed by atoms with Crippen molar-refractivity contribution in [3.8, 4) is 0 Å². The van der Waals surface area contributed by atoms with E-state index in [1.165, 1.54) is 18.2 Å². The molecule has 5 rings (SSSR count). The summed E-state index contributed by atoms with van der Waals surface area (Å²) in [6.45, 7) is 4.89. The number of carbonyl (C=O) groups is 3. The van der Waals surface area contributed by atoms with Crippen LogP contribution in [0.1, 0.15) is 37.5 Å². The van der Waals surface area contributed by atoms with Crippen LogP contribution in [0.3, 0.4) is 0 Å². The van der Waals surface area contributed by atoms with Gasteiger partial charge in [-0.1, -0.05) is 23.7 Å². The summed E-state index contributed by atoms with van der Waals surface area (Å²) in [7, 11) is 0. The van der Waals surface area contributed by atoms with Crippen molar-refractivity contribution < 1.29 is 18.8 Å². The maximum atomic E-state index is 13.8. The van der Waals surface area contributed by atoms with Gasteiger partial charge in [-0.25, -0.2) is 4.39 Å². The standard InChI is InChI=1S/C30H31ClFN5O3/c31-24-6-1-5-22(18-24)29(39)36-13-3-12-35(16-17-36)27-9-8-23(30(40)37-14-10-33-11-15-37)20-26(27)34-28(38)21-4-2-7-25(32)19-21/h1-2,4-9,18-20,33H,3,10-17H2,(H,34,38). The van der Waals surface area contributed by atoms with Crippen LogP contribution in [0.25, 0.3) is 0 Å². The maximum Gasteiger partial charge on any atom is 0.255 e. The molecule has 2 fully saturated rings. The molecule has 0 bridgehead atoms. The minimum atomic E-state index is -0.507. The van der Waals surface area contributed by atoms with E-state index in [1.807, 2.05) is 6.07 Å². The lowest BCUT2D eigenvalue weighted by atomic mass is 10.1. The summed E-state index contributed by atoms with van der Waals surface area (Å²) < 4.78 is 13.8. The molecule has 40 heavy (non-hydrogen) atoms. The second-order valence-electron chi connectivity index (χ2n) is 9.88. The number of benzene rings is 3. The first-order chi connectivity index (χ1) is 19.4. The fraction of sp³-hybridized carbons (Fsp3) is 0.300. The summed E-state index contributed by atoms with van der Waals surface area (Å²) in [5.74, 6) is -1.17. The third-order valence-corrected chi connectivity index (χ3v) is 7.41. The van der Waals surface area contributed by atoms with Crippen LogP contribution in [0.5, 0.6) is 0 Å². The molecule has 0 spiro atoms. The predicted octanol–water partition coefficient (Wildman–Crippen LogP) is 4.13. The molecule has 0 radical (unpaired) electrons. The molecule has 8 nitrogen and oxygen atoms in total. The van der Waals surface area contributed by atoms with Crippen LogP contribution < -0.4 is 15.5 Å². The SMILES string of the molecule is O=C(Nc1cc(C(=O)N2CCNCC2)ccc1N1CCCN(C(=O)c2cccc(Cl)c2)CC1)c1cccc(F)c1. The first-order valence-electron chi connectivity index (χ1n) is 13.4. The largest absolute Gasteiger partial charge is 0.368 e. The highest BCUT2D eigenvalue weighted by Gasteiger charge is 2.25. The number of anilines is 2. The van der Waals surface area contributed by atoms with Crippen molar-refractivity contribution in [2.75, 3.05) is 62.6 Å². The van der Waals surface area contributed by atoms with Crippen molar-refractivity contribution in [2.45, 2.75) is 6.42 Å². The van der Waals surface area contributed by atoms with E-state index in [-0.39, 0.29) is 17.4 Å². The molecule has 0 saturated carbocycles. The first-order valence-corrected chi connectivity index (χ1v) is 13.8. The quantitative estimate of drug-likeness (QED) is 0.488. The van der Waals surface area contributed by atoms with Gasteiger partial charge in [0.15, 0.2) is 0 Å². The summed E-state index contributed by atoms with van der Waals surface area (Å²) >= 11 is 6.10. The summed E-state index contributed by atoms with van der Waals surface area (Å²) in [5.41, 5.74) is 2.38. The first kappa shape index (κ1) is 27.6. The van der Waals surface area contributed by atoms with Crippen LogP contribution in [-0.4, -0.2) is 79.9 Å². The molecular weight excluding hydrogens is 533 g/mol. The zero-order valence-corrected chi connectivity index (χ0v) is 22.8. The number of halogens is 2. The van der Waals surface area contributed by atoms with Crippen molar-refractivity contribution in [3.63, 3.8) is 0 Å². The smallest absolute Gasteiger partial charge is 0.255 e. The van der Waals surface area contributed by atoms with Gasteiger partial charge in [-0.2, -0.15) is 0 Å². The van der Waals surface area contributed by atoms with Crippen molar-refractivity contribution >= 4 is 40.7 Å². The lowest BCUT2D eigenvalue weighted by Gasteiger charge is -2.29. The van der Waals surface area contributed by atoms with Gasteiger partial charge >= 0.3 is 0 Å². The number of hydrogen-bond donors (Lipinski definition) is 2. The van der Waals surface area contributed by atoms with Crippen LogP contribution in [-0.2, 0) is 0 Å². The highest BCUT2D eigenvalue weighted by molar-refractivity contribution is 6.31. The van der Waals surface area contributed by atoms with E-state index in [1.54, 1.807) is 52.3 Å². The van der Waals surface area contributed by atoms with Gasteiger partial charge in [0, 0.05) is 74.1 Å². The number of piperazine rings is 1. The Kier molecular flexibility index (Phi) is 8.62. The maximum absolute atomic E-state index is 13.8. The molecule has 2 aliphatic rings. The van der Waals surface area contributed by atoms with E-state index in [2.05, 4.69) is 15.5 Å². The van der Waals surface area contributed by atoms with Gasteiger partial charge in [0.05, 0.1) is 11.4 Å². The second-order valence-corrected chi connectivity index (χ2v) is 10.3. The Morgan fingerprint density at radius 1 is 0.750 bits per heavy atom. The molecule has 3 amide bonds. The van der Waals surface area contributed by atoms with E-state index in [4.69, 9.17) is 11.6 Å². The fourth-order valence-electron chi connectivity index (χ4n) is 5.09. The van der Waals surface area contributed by atoms with Gasteiger partial charge in [-0.3, -0.25) is 14.4 Å². The minimum absolute atomic E-state index is 0.0825. The molecule has 2 N–H and O–H groups in total. The molecule has 2 saturated heterocycles. The van der Waals surface area contributed by atoms with E-state index in [0.29, 0.717) is 67.5 Å². The van der Waals surface area contributed by atoms with Crippen molar-refractivity contribution in [2.24, 2.45) is 0 Å². The molecule has 0 aromatic heterocycles. The number of nitrogens with zero attached hydrogens (tertiary/aromatic N) is 3. The van der Waals surface area contributed by atoms with Crippen LogP contribution in [0.2, 0.25) is 5.02 Å². The van der Waals surface area contributed by atoms with Crippen molar-refractivity contribution in [1.82, 2.24) is 15.1 Å². The van der Waals surface area contributed by atoms with Crippen molar-refractivity contribution in [1.29, 1.82) is 0 Å². The molecule has 0 atom stereocenters. The molecule has 0 aliphatic carbocycles. The molecule has 2 heterocycles. The molecule has 10 heteroatoms. The fourth-order valence-corrected chi connectivity index (χ4v) is 5.28. The average Bonchev–Trinajstić information content (AvgIpc) is 3.23. The summed E-state index contributed by atoms with van der Waals surface area (Å²) in [6.07, 6.45) is 0.713. The summed E-state index contributed by atoms with van der Waals surface area (Å²) in [4.78, 5) is 45.2. The highest BCUT2D eigenvalue weighted by atomic mass is 35.5.